The Hall–Kier alpha value is -3.46. The first-order valence-corrected chi connectivity index (χ1v) is 12.8. The molecular weight excluding hydrogens is 454 g/mol. The highest BCUT2D eigenvalue weighted by molar-refractivity contribution is 7.91. The smallest absolute Gasteiger partial charge is 0.264 e. The molecule has 2 fully saturated rings. The summed E-state index contributed by atoms with van der Waals surface area (Å²) >= 11 is 0. The van der Waals surface area contributed by atoms with Crippen LogP contribution in [0.5, 0.6) is 11.5 Å². The van der Waals surface area contributed by atoms with Crippen molar-refractivity contribution in [2.75, 3.05) is 6.61 Å². The molecule has 2 aliphatic rings. The average Bonchev–Trinajstić information content (AvgIpc) is 3.76. The maximum absolute atomic E-state index is 12.2. The zero-order chi connectivity index (χ0) is 23.5. The molecule has 1 amide bonds. The van der Waals surface area contributed by atoms with Gasteiger partial charge in [0.1, 0.15) is 12.4 Å². The minimum Gasteiger partial charge on any atom is -0.490 e. The van der Waals surface area contributed by atoms with Crippen molar-refractivity contribution in [2.24, 2.45) is 5.92 Å². The summed E-state index contributed by atoms with van der Waals surface area (Å²) in [5.74, 6) is 1.97. The number of nitrogens with zero attached hydrogens (tertiary/aromatic N) is 2. The van der Waals surface area contributed by atoms with E-state index in [0.29, 0.717) is 42.7 Å². The van der Waals surface area contributed by atoms with Crippen LogP contribution in [0.3, 0.4) is 0 Å². The van der Waals surface area contributed by atoms with Crippen molar-refractivity contribution in [1.82, 2.24) is 14.7 Å². The highest BCUT2D eigenvalue weighted by Crippen LogP contribution is 2.30. The lowest BCUT2D eigenvalue weighted by Gasteiger charge is -2.09. The van der Waals surface area contributed by atoms with Gasteiger partial charge in [-0.1, -0.05) is 24.3 Å². The Labute approximate surface area is 198 Å². The van der Waals surface area contributed by atoms with Crippen LogP contribution in [0.15, 0.2) is 60.9 Å². The van der Waals surface area contributed by atoms with Crippen LogP contribution >= 0.6 is 0 Å². The molecule has 2 aromatic carbocycles. The number of aromatic nitrogens is 2. The summed E-state index contributed by atoms with van der Waals surface area (Å²) in [7, 11) is -3.57. The topological polar surface area (TPSA) is 107 Å². The third kappa shape index (κ3) is 5.72. The molecule has 176 valence electrons. The van der Waals surface area contributed by atoms with Gasteiger partial charge in [0.05, 0.1) is 24.3 Å². The average molecular weight is 480 g/mol. The number of amides is 1. The number of rotatable bonds is 10. The van der Waals surface area contributed by atoms with E-state index in [2.05, 4.69) is 14.7 Å². The van der Waals surface area contributed by atoms with Crippen LogP contribution in [0, 0.1) is 5.92 Å². The third-order valence-electron chi connectivity index (χ3n) is 5.72. The lowest BCUT2D eigenvalue weighted by Crippen LogP contribution is -2.33. The fraction of sp³-hybridized carbons (Fsp3) is 0.320. The molecule has 8 nitrogen and oxygen atoms in total. The molecule has 1 heterocycles. The number of ether oxygens (including phenoxy) is 2. The van der Waals surface area contributed by atoms with Crippen molar-refractivity contribution in [3.05, 3.63) is 72.1 Å². The van der Waals surface area contributed by atoms with Crippen molar-refractivity contribution < 1.29 is 22.7 Å². The molecule has 0 unspecified atom stereocenters. The van der Waals surface area contributed by atoms with Gasteiger partial charge in [0.25, 0.3) is 5.91 Å². The Morgan fingerprint density at radius 2 is 1.68 bits per heavy atom. The van der Waals surface area contributed by atoms with Crippen LogP contribution in [0.25, 0.3) is 11.4 Å². The van der Waals surface area contributed by atoms with Crippen molar-refractivity contribution in [1.29, 1.82) is 0 Å². The molecule has 5 rings (SSSR count). The Balaban J connectivity index is 1.17. The van der Waals surface area contributed by atoms with Gasteiger partial charge in [-0.2, -0.15) is 0 Å². The van der Waals surface area contributed by atoms with E-state index in [0.717, 1.165) is 17.7 Å². The van der Waals surface area contributed by atoms with E-state index >= 15 is 0 Å². The molecule has 0 atom stereocenters. The molecule has 0 radical (unpaired) electrons. The van der Waals surface area contributed by atoms with E-state index in [4.69, 9.17) is 9.47 Å². The molecule has 0 bridgehead atoms. The molecule has 0 aliphatic heterocycles. The third-order valence-corrected chi connectivity index (χ3v) is 7.54. The van der Waals surface area contributed by atoms with Crippen molar-refractivity contribution >= 4 is 15.9 Å². The van der Waals surface area contributed by atoms with Gasteiger partial charge in [-0.15, -0.1) is 0 Å². The van der Waals surface area contributed by atoms with Crippen molar-refractivity contribution in [3.8, 4) is 22.9 Å². The van der Waals surface area contributed by atoms with Crippen LogP contribution in [0.1, 0.15) is 41.6 Å². The lowest BCUT2D eigenvalue weighted by molar-refractivity contribution is 0.0981. The number of benzene rings is 2. The zero-order valence-electron chi connectivity index (χ0n) is 18.5. The van der Waals surface area contributed by atoms with E-state index in [1.165, 1.54) is 12.8 Å². The first-order valence-electron chi connectivity index (χ1n) is 11.3. The molecule has 3 aromatic rings. The SMILES string of the molecule is O=C(NS(=O)(=O)C1CC1)c1ccc(COc2cccc(-c3ncc(OCC4CC4)cn3)c2)cc1. The quantitative estimate of drug-likeness (QED) is 0.472. The monoisotopic (exact) mass is 479 g/mol. The van der Waals surface area contributed by atoms with Crippen molar-refractivity contribution in [3.63, 3.8) is 0 Å². The standard InChI is InChI=1S/C25H25N3O5S/c29-25(28-34(30,31)23-10-11-23)19-8-6-18(7-9-19)15-32-21-3-1-2-20(12-21)24-26-13-22(14-27-24)33-16-17-4-5-17/h1-3,6-9,12-14,17,23H,4-5,10-11,15-16H2,(H,28,29). The molecule has 0 saturated heterocycles. The van der Waals surface area contributed by atoms with E-state index in [1.807, 2.05) is 24.3 Å². The summed E-state index contributed by atoms with van der Waals surface area (Å²) < 4.78 is 37.6. The van der Waals surface area contributed by atoms with Gasteiger partial charge < -0.3 is 9.47 Å². The molecule has 2 aliphatic carbocycles. The van der Waals surface area contributed by atoms with Gasteiger partial charge >= 0.3 is 0 Å². The van der Waals surface area contributed by atoms with E-state index in [9.17, 15) is 13.2 Å². The Bertz CT molecular complexity index is 1270. The van der Waals surface area contributed by atoms with E-state index in [-0.39, 0.29) is 5.56 Å². The second-order valence-electron chi connectivity index (χ2n) is 8.69. The zero-order valence-corrected chi connectivity index (χ0v) is 19.3. The lowest BCUT2D eigenvalue weighted by atomic mass is 10.1. The first kappa shape index (κ1) is 22.3. The highest BCUT2D eigenvalue weighted by atomic mass is 32.2. The molecule has 34 heavy (non-hydrogen) atoms. The van der Waals surface area contributed by atoms with Gasteiger partial charge in [-0.05, 0) is 61.4 Å². The number of hydrogen-bond donors (Lipinski definition) is 1. The van der Waals surface area contributed by atoms with E-state index in [1.54, 1.807) is 36.7 Å². The molecule has 0 spiro atoms. The number of nitrogens with one attached hydrogen (secondary N) is 1. The number of hydrogen-bond acceptors (Lipinski definition) is 7. The summed E-state index contributed by atoms with van der Waals surface area (Å²) in [4.78, 5) is 21.0. The summed E-state index contributed by atoms with van der Waals surface area (Å²) in [6.07, 6.45) is 7.04. The van der Waals surface area contributed by atoms with Gasteiger partial charge in [-0.25, -0.2) is 23.1 Å². The van der Waals surface area contributed by atoms with Crippen LogP contribution in [0.2, 0.25) is 0 Å². The fourth-order valence-corrected chi connectivity index (χ4v) is 4.63. The van der Waals surface area contributed by atoms with Crippen molar-refractivity contribution in [2.45, 2.75) is 37.5 Å². The maximum atomic E-state index is 12.2. The highest BCUT2D eigenvalue weighted by Gasteiger charge is 2.36. The summed E-state index contributed by atoms with van der Waals surface area (Å²) in [5.41, 5.74) is 1.97. The molecular formula is C25H25N3O5S. The van der Waals surface area contributed by atoms with Crippen LogP contribution in [0.4, 0.5) is 0 Å². The number of sulfonamides is 1. The summed E-state index contributed by atoms with van der Waals surface area (Å²) in [6, 6.07) is 14.2. The van der Waals surface area contributed by atoms with E-state index < -0.39 is 21.2 Å². The van der Waals surface area contributed by atoms with Crippen LogP contribution in [-0.2, 0) is 16.6 Å². The Morgan fingerprint density at radius 1 is 0.941 bits per heavy atom. The molecule has 1 N–H and O–H groups in total. The summed E-state index contributed by atoms with van der Waals surface area (Å²) in [5, 5.41) is -0.441. The number of carbonyl (C=O) groups is 1. The van der Waals surface area contributed by atoms with Crippen LogP contribution in [-0.4, -0.2) is 36.1 Å². The van der Waals surface area contributed by atoms with Gasteiger partial charge in [-0.3, -0.25) is 4.79 Å². The second kappa shape index (κ2) is 9.42. The van der Waals surface area contributed by atoms with Gasteiger partial charge in [0.2, 0.25) is 10.0 Å². The molecule has 2 saturated carbocycles. The summed E-state index contributed by atoms with van der Waals surface area (Å²) in [6.45, 7) is 1.01. The first-order chi connectivity index (χ1) is 16.5. The second-order valence-corrected chi connectivity index (χ2v) is 10.6. The van der Waals surface area contributed by atoms with Gasteiger partial charge in [0.15, 0.2) is 11.6 Å². The molecule has 1 aromatic heterocycles. The fourth-order valence-electron chi connectivity index (χ4n) is 3.33. The predicted molar refractivity (Wildman–Crippen MR) is 126 cm³/mol. The van der Waals surface area contributed by atoms with Gasteiger partial charge in [0, 0.05) is 11.1 Å². The molecule has 9 heteroatoms. The Morgan fingerprint density at radius 3 is 2.35 bits per heavy atom. The Kier molecular flexibility index (Phi) is 6.19. The normalized spacial score (nSPS) is 15.5. The largest absolute Gasteiger partial charge is 0.490 e. The number of carbonyl (C=O) groups excluding carboxylic acids is 1. The van der Waals surface area contributed by atoms with Crippen LogP contribution < -0.4 is 14.2 Å². The predicted octanol–water partition coefficient (Wildman–Crippen LogP) is 3.73. The maximum Gasteiger partial charge on any atom is 0.264 e. The minimum absolute atomic E-state index is 0.289. The minimum atomic E-state index is -3.57.